The summed E-state index contributed by atoms with van der Waals surface area (Å²) in [4.78, 5) is 0. The summed E-state index contributed by atoms with van der Waals surface area (Å²) in [5, 5.41) is 0. The fourth-order valence-corrected chi connectivity index (χ4v) is 0.666. The lowest BCUT2D eigenvalue weighted by molar-refractivity contribution is 0.984. The first-order chi connectivity index (χ1) is 5.43. The van der Waals surface area contributed by atoms with Gasteiger partial charge in [-0.1, -0.05) is 32.0 Å². The lowest BCUT2D eigenvalue weighted by Crippen LogP contribution is -2.14. The lowest BCUT2D eigenvalue weighted by atomic mass is 10.3. The zero-order valence-corrected chi connectivity index (χ0v) is 7.39. The third-order valence-corrected chi connectivity index (χ3v) is 1.04. The van der Waals surface area contributed by atoms with Gasteiger partial charge in [0.15, 0.2) is 0 Å². The van der Waals surface area contributed by atoms with E-state index in [1.165, 1.54) is 0 Å². The van der Waals surface area contributed by atoms with Crippen LogP contribution in [0.1, 0.15) is 13.8 Å². The van der Waals surface area contributed by atoms with Gasteiger partial charge in [-0.3, -0.25) is 0 Å². The summed E-state index contributed by atoms with van der Waals surface area (Å²) in [6, 6.07) is 9.95. The second-order valence-electron chi connectivity index (χ2n) is 1.74. The van der Waals surface area contributed by atoms with Gasteiger partial charge in [-0.2, -0.15) is 0 Å². The number of hydrogen-bond acceptors (Lipinski definition) is 2. The molecule has 0 saturated carbocycles. The van der Waals surface area contributed by atoms with Crippen LogP contribution in [0.3, 0.4) is 0 Å². The van der Waals surface area contributed by atoms with E-state index >= 15 is 0 Å². The normalized spacial score (nSPS) is 7.91. The number of benzene rings is 1. The van der Waals surface area contributed by atoms with Crippen LogP contribution >= 0.6 is 0 Å². The van der Waals surface area contributed by atoms with E-state index in [9.17, 15) is 0 Å². The Labute approximate surface area is 68.6 Å². The molecule has 2 heteroatoms. The first-order valence-electron chi connectivity index (χ1n) is 3.91. The molecule has 0 amide bonds. The zero-order chi connectivity index (χ0) is 8.53. The summed E-state index contributed by atoms with van der Waals surface area (Å²) in [7, 11) is 1.84. The molecule has 1 rings (SSSR count). The predicted molar refractivity (Wildman–Crippen MR) is 50.5 cm³/mol. The van der Waals surface area contributed by atoms with Gasteiger partial charge in [0.2, 0.25) is 0 Å². The molecule has 0 heterocycles. The van der Waals surface area contributed by atoms with Gasteiger partial charge >= 0.3 is 0 Å². The zero-order valence-electron chi connectivity index (χ0n) is 7.39. The van der Waals surface area contributed by atoms with Gasteiger partial charge in [0, 0.05) is 12.7 Å². The molecule has 1 aromatic carbocycles. The van der Waals surface area contributed by atoms with Crippen LogP contribution in [0, 0.1) is 0 Å². The maximum atomic E-state index is 2.96. The van der Waals surface area contributed by atoms with E-state index < -0.39 is 0 Å². The van der Waals surface area contributed by atoms with Crippen LogP contribution in [-0.4, -0.2) is 7.05 Å². The van der Waals surface area contributed by atoms with Crippen LogP contribution in [0.2, 0.25) is 0 Å². The highest BCUT2D eigenvalue weighted by atomic mass is 15.3. The Bertz CT molecular complexity index is 160. The Hall–Kier alpha value is -1.02. The highest BCUT2D eigenvalue weighted by molar-refractivity contribution is 5.40. The van der Waals surface area contributed by atoms with Crippen molar-refractivity contribution in [1.82, 2.24) is 5.43 Å². The van der Waals surface area contributed by atoms with Crippen molar-refractivity contribution in [2.24, 2.45) is 0 Å². The summed E-state index contributed by atoms with van der Waals surface area (Å²) < 4.78 is 0. The van der Waals surface area contributed by atoms with Gasteiger partial charge in [-0.25, -0.2) is 5.43 Å². The van der Waals surface area contributed by atoms with E-state index in [4.69, 9.17) is 0 Å². The highest BCUT2D eigenvalue weighted by Gasteiger charge is 1.81. The average molecular weight is 152 g/mol. The molecule has 0 unspecified atom stereocenters. The Morgan fingerprint density at radius 1 is 1.00 bits per heavy atom. The van der Waals surface area contributed by atoms with E-state index in [0.717, 1.165) is 5.69 Å². The lowest BCUT2D eigenvalue weighted by Gasteiger charge is -2.00. The van der Waals surface area contributed by atoms with Crippen LogP contribution in [0.4, 0.5) is 5.69 Å². The fourth-order valence-electron chi connectivity index (χ4n) is 0.666. The molecule has 0 radical (unpaired) electrons. The van der Waals surface area contributed by atoms with Crippen molar-refractivity contribution in [2.75, 3.05) is 12.5 Å². The van der Waals surface area contributed by atoms with Gasteiger partial charge in [0.05, 0.1) is 0 Å². The van der Waals surface area contributed by atoms with Crippen molar-refractivity contribution in [3.63, 3.8) is 0 Å². The van der Waals surface area contributed by atoms with Crippen molar-refractivity contribution in [3.05, 3.63) is 30.3 Å². The molecule has 0 aliphatic carbocycles. The molecule has 1 aromatic rings. The van der Waals surface area contributed by atoms with Crippen LogP contribution in [0.5, 0.6) is 0 Å². The van der Waals surface area contributed by atoms with Crippen LogP contribution in [0.15, 0.2) is 30.3 Å². The molecule has 0 bridgehead atoms. The fraction of sp³-hybridized carbons (Fsp3) is 0.333. The molecule has 0 aliphatic rings. The van der Waals surface area contributed by atoms with Gasteiger partial charge in [0.1, 0.15) is 0 Å². The molecule has 62 valence electrons. The Morgan fingerprint density at radius 2 is 1.55 bits per heavy atom. The molecule has 0 spiro atoms. The van der Waals surface area contributed by atoms with Crippen LogP contribution in [-0.2, 0) is 0 Å². The third-order valence-electron chi connectivity index (χ3n) is 1.04. The predicted octanol–water partition coefficient (Wildman–Crippen LogP) is 2.26. The topological polar surface area (TPSA) is 24.1 Å². The van der Waals surface area contributed by atoms with Crippen molar-refractivity contribution >= 4 is 5.69 Å². The molecule has 11 heavy (non-hydrogen) atoms. The standard InChI is InChI=1S/C7H10N2.C2H6/c1-8-9-7-5-3-2-4-6-7;1-2/h2-6,8-9H,1H3;1-2H3. The van der Waals surface area contributed by atoms with Crippen molar-refractivity contribution in [2.45, 2.75) is 13.8 Å². The van der Waals surface area contributed by atoms with E-state index in [-0.39, 0.29) is 0 Å². The second kappa shape index (κ2) is 7.09. The number of rotatable bonds is 2. The van der Waals surface area contributed by atoms with E-state index in [1.54, 1.807) is 0 Å². The Kier molecular flexibility index (Phi) is 6.43. The van der Waals surface area contributed by atoms with E-state index in [2.05, 4.69) is 10.9 Å². The average Bonchev–Trinajstić information content (AvgIpc) is 2.11. The minimum atomic E-state index is 1.08. The molecular weight excluding hydrogens is 136 g/mol. The summed E-state index contributed by atoms with van der Waals surface area (Å²) in [5.74, 6) is 0. The molecule has 0 atom stereocenters. The molecule has 0 fully saturated rings. The SMILES string of the molecule is CC.CNNc1ccccc1. The van der Waals surface area contributed by atoms with Gasteiger partial charge in [0.25, 0.3) is 0 Å². The molecule has 0 aromatic heterocycles. The number of nitrogens with one attached hydrogen (secondary N) is 2. The number of hydrazine groups is 1. The largest absolute Gasteiger partial charge is 0.322 e. The molecule has 2 nitrogen and oxygen atoms in total. The summed E-state index contributed by atoms with van der Waals surface area (Å²) in [5.41, 5.74) is 6.87. The monoisotopic (exact) mass is 152 g/mol. The smallest absolute Gasteiger partial charge is 0.0487 e. The minimum absolute atomic E-state index is 1.08. The van der Waals surface area contributed by atoms with Crippen LogP contribution in [0.25, 0.3) is 0 Å². The Balaban J connectivity index is 0.000000461. The van der Waals surface area contributed by atoms with Gasteiger partial charge in [-0.05, 0) is 12.1 Å². The van der Waals surface area contributed by atoms with Crippen molar-refractivity contribution < 1.29 is 0 Å². The van der Waals surface area contributed by atoms with Crippen LogP contribution < -0.4 is 10.9 Å². The minimum Gasteiger partial charge on any atom is -0.322 e. The van der Waals surface area contributed by atoms with Gasteiger partial charge in [-0.15, -0.1) is 0 Å². The summed E-state index contributed by atoms with van der Waals surface area (Å²) in [6.45, 7) is 4.00. The maximum Gasteiger partial charge on any atom is 0.0487 e. The van der Waals surface area contributed by atoms with Crippen molar-refractivity contribution in [3.8, 4) is 0 Å². The van der Waals surface area contributed by atoms with Crippen molar-refractivity contribution in [1.29, 1.82) is 0 Å². The number of anilines is 1. The van der Waals surface area contributed by atoms with E-state index in [0.29, 0.717) is 0 Å². The Morgan fingerprint density at radius 3 is 2.00 bits per heavy atom. The molecule has 0 aliphatic heterocycles. The summed E-state index contributed by atoms with van der Waals surface area (Å²) >= 11 is 0. The molecular formula is C9H16N2. The first kappa shape index (κ1) is 9.98. The maximum absolute atomic E-state index is 2.96. The first-order valence-corrected chi connectivity index (χ1v) is 3.91. The highest BCUT2D eigenvalue weighted by Crippen LogP contribution is 2.01. The van der Waals surface area contributed by atoms with E-state index in [1.807, 2.05) is 51.2 Å². The summed E-state index contributed by atoms with van der Waals surface area (Å²) in [6.07, 6.45) is 0. The second-order valence-corrected chi connectivity index (χ2v) is 1.74. The van der Waals surface area contributed by atoms with Gasteiger partial charge < -0.3 is 5.43 Å². The molecule has 0 saturated heterocycles. The number of para-hydroxylation sites is 1. The molecule has 2 N–H and O–H groups in total. The third kappa shape index (κ3) is 4.39. The quantitative estimate of drug-likeness (QED) is 0.635. The number of hydrogen-bond donors (Lipinski definition) is 2.